The van der Waals surface area contributed by atoms with Crippen LogP contribution in [0.1, 0.15) is 19.3 Å². The van der Waals surface area contributed by atoms with Crippen molar-refractivity contribution in [3.63, 3.8) is 0 Å². The Morgan fingerprint density at radius 3 is 2.80 bits per heavy atom. The van der Waals surface area contributed by atoms with E-state index in [9.17, 15) is 9.59 Å². The van der Waals surface area contributed by atoms with Crippen LogP contribution in [0.15, 0.2) is 35.3 Å². The second-order valence-electron chi connectivity index (χ2n) is 4.89. The lowest BCUT2D eigenvalue weighted by atomic mass is 10.2. The summed E-state index contributed by atoms with van der Waals surface area (Å²) in [4.78, 5) is 27.9. The maximum Gasteiger partial charge on any atom is 0.240 e. The van der Waals surface area contributed by atoms with Gasteiger partial charge in [-0.15, -0.1) is 0 Å². The number of amides is 2. The second kappa shape index (κ2) is 5.66. The van der Waals surface area contributed by atoms with Crippen molar-refractivity contribution in [3.8, 4) is 0 Å². The van der Waals surface area contributed by atoms with Crippen molar-refractivity contribution in [2.75, 3.05) is 0 Å². The zero-order chi connectivity index (χ0) is 13.9. The topological polar surface area (TPSA) is 70.6 Å². The number of hydrogen-bond acceptors (Lipinski definition) is 4. The van der Waals surface area contributed by atoms with Crippen molar-refractivity contribution in [2.45, 2.75) is 30.6 Å². The number of amidine groups is 1. The molecular weight excluding hydrogens is 274 g/mol. The summed E-state index contributed by atoms with van der Waals surface area (Å²) in [6.45, 7) is 0. The van der Waals surface area contributed by atoms with Gasteiger partial charge < -0.3 is 10.6 Å². The Morgan fingerprint density at radius 1 is 1.35 bits per heavy atom. The van der Waals surface area contributed by atoms with Crippen molar-refractivity contribution in [2.24, 2.45) is 4.99 Å². The van der Waals surface area contributed by atoms with Gasteiger partial charge in [-0.05, 0) is 25.0 Å². The number of thioether (sulfide) groups is 1. The van der Waals surface area contributed by atoms with Gasteiger partial charge >= 0.3 is 0 Å². The summed E-state index contributed by atoms with van der Waals surface area (Å²) in [6.07, 6.45) is 2.31. The fraction of sp³-hybridized carbons (Fsp3) is 0.357. The van der Waals surface area contributed by atoms with Gasteiger partial charge in [0.05, 0.1) is 5.69 Å². The Labute approximate surface area is 121 Å². The van der Waals surface area contributed by atoms with Gasteiger partial charge in [-0.2, -0.15) is 0 Å². The highest BCUT2D eigenvalue weighted by Gasteiger charge is 2.33. The Hall–Kier alpha value is -1.82. The SMILES string of the molecule is O=C(C[C@@H]1SC(=Nc2ccccc2)NC1=O)NC1CC1. The molecule has 1 atom stereocenters. The zero-order valence-corrected chi connectivity index (χ0v) is 11.7. The number of carbonyl (C=O) groups is 2. The predicted molar refractivity (Wildman–Crippen MR) is 78.8 cm³/mol. The molecule has 0 radical (unpaired) electrons. The summed E-state index contributed by atoms with van der Waals surface area (Å²) >= 11 is 1.32. The van der Waals surface area contributed by atoms with Gasteiger partial charge in [-0.25, -0.2) is 4.99 Å². The Morgan fingerprint density at radius 2 is 2.10 bits per heavy atom. The lowest BCUT2D eigenvalue weighted by Gasteiger charge is -2.05. The number of para-hydroxylation sites is 1. The zero-order valence-electron chi connectivity index (χ0n) is 10.8. The molecule has 2 aliphatic rings. The summed E-state index contributed by atoms with van der Waals surface area (Å²) in [5, 5.41) is 5.80. The van der Waals surface area contributed by atoms with E-state index >= 15 is 0 Å². The number of carbonyl (C=O) groups excluding carboxylic acids is 2. The van der Waals surface area contributed by atoms with E-state index in [1.165, 1.54) is 11.8 Å². The lowest BCUT2D eigenvalue weighted by molar-refractivity contribution is -0.125. The normalized spacial score (nSPS) is 23.7. The highest BCUT2D eigenvalue weighted by atomic mass is 32.2. The van der Waals surface area contributed by atoms with E-state index in [0.29, 0.717) is 11.2 Å². The largest absolute Gasteiger partial charge is 0.353 e. The molecule has 1 saturated carbocycles. The van der Waals surface area contributed by atoms with E-state index in [4.69, 9.17) is 0 Å². The van der Waals surface area contributed by atoms with Gasteiger partial charge in [0.15, 0.2) is 5.17 Å². The van der Waals surface area contributed by atoms with E-state index in [0.717, 1.165) is 18.5 Å². The predicted octanol–water partition coefficient (Wildman–Crippen LogP) is 1.57. The molecule has 5 nitrogen and oxygen atoms in total. The fourth-order valence-corrected chi connectivity index (χ4v) is 2.88. The third kappa shape index (κ3) is 3.39. The molecule has 1 aromatic rings. The molecule has 1 heterocycles. The quantitative estimate of drug-likeness (QED) is 0.884. The van der Waals surface area contributed by atoms with E-state index < -0.39 is 0 Å². The molecule has 104 valence electrons. The summed E-state index contributed by atoms with van der Waals surface area (Å²) in [5.41, 5.74) is 0.790. The molecule has 2 fully saturated rings. The van der Waals surface area contributed by atoms with Crippen molar-refractivity contribution >= 4 is 34.4 Å². The van der Waals surface area contributed by atoms with Gasteiger partial charge in [-0.1, -0.05) is 30.0 Å². The van der Waals surface area contributed by atoms with E-state index in [2.05, 4.69) is 15.6 Å². The van der Waals surface area contributed by atoms with Crippen molar-refractivity contribution < 1.29 is 9.59 Å². The molecule has 3 rings (SSSR count). The first-order valence-corrected chi connectivity index (χ1v) is 7.49. The van der Waals surface area contributed by atoms with Crippen LogP contribution >= 0.6 is 11.8 Å². The number of nitrogens with one attached hydrogen (secondary N) is 2. The standard InChI is InChI=1S/C14H15N3O2S/c18-12(15-10-6-7-10)8-11-13(19)17-14(20-11)16-9-4-2-1-3-5-9/h1-5,10-11H,6-8H2,(H,15,18)(H,16,17,19)/t11-/m0/s1. The van der Waals surface area contributed by atoms with Crippen molar-refractivity contribution in [1.29, 1.82) is 0 Å². The van der Waals surface area contributed by atoms with Gasteiger partial charge in [0, 0.05) is 12.5 Å². The van der Waals surface area contributed by atoms with Crippen molar-refractivity contribution in [1.82, 2.24) is 10.6 Å². The summed E-state index contributed by atoms with van der Waals surface area (Å²) < 4.78 is 0. The number of hydrogen-bond donors (Lipinski definition) is 2. The van der Waals surface area contributed by atoms with Crippen LogP contribution in [-0.2, 0) is 9.59 Å². The van der Waals surface area contributed by atoms with E-state index in [1.807, 2.05) is 30.3 Å². The van der Waals surface area contributed by atoms with Crippen molar-refractivity contribution in [3.05, 3.63) is 30.3 Å². The average molecular weight is 289 g/mol. The summed E-state index contributed by atoms with van der Waals surface area (Å²) in [7, 11) is 0. The number of nitrogens with zero attached hydrogens (tertiary/aromatic N) is 1. The molecular formula is C14H15N3O2S. The molecule has 20 heavy (non-hydrogen) atoms. The first kappa shape index (κ1) is 13.2. The van der Waals surface area contributed by atoms with Gasteiger partial charge in [0.25, 0.3) is 0 Å². The Kier molecular flexibility index (Phi) is 3.73. The summed E-state index contributed by atoms with van der Waals surface area (Å²) in [5.74, 6) is -0.197. The van der Waals surface area contributed by atoms with Gasteiger partial charge in [0.1, 0.15) is 5.25 Å². The van der Waals surface area contributed by atoms with Crippen LogP contribution in [0.5, 0.6) is 0 Å². The molecule has 1 aliphatic heterocycles. The maximum absolute atomic E-state index is 11.8. The molecule has 1 aliphatic carbocycles. The smallest absolute Gasteiger partial charge is 0.240 e. The highest BCUT2D eigenvalue weighted by molar-refractivity contribution is 8.15. The highest BCUT2D eigenvalue weighted by Crippen LogP contribution is 2.26. The van der Waals surface area contributed by atoms with Gasteiger partial charge in [0.2, 0.25) is 11.8 Å². The van der Waals surface area contributed by atoms with Crippen LogP contribution in [0.4, 0.5) is 5.69 Å². The van der Waals surface area contributed by atoms with Crippen LogP contribution in [0.25, 0.3) is 0 Å². The number of benzene rings is 1. The minimum atomic E-state index is -0.379. The van der Waals surface area contributed by atoms with Crippen LogP contribution in [0.2, 0.25) is 0 Å². The third-order valence-corrected chi connectivity index (χ3v) is 4.16. The number of aliphatic imine (C=N–C) groups is 1. The lowest BCUT2D eigenvalue weighted by Crippen LogP contribution is -2.32. The minimum Gasteiger partial charge on any atom is -0.353 e. The van der Waals surface area contributed by atoms with Crippen LogP contribution in [-0.4, -0.2) is 28.3 Å². The molecule has 2 N–H and O–H groups in total. The van der Waals surface area contributed by atoms with E-state index in [-0.39, 0.29) is 23.5 Å². The number of rotatable bonds is 4. The molecule has 6 heteroatoms. The third-order valence-electron chi connectivity index (χ3n) is 3.08. The van der Waals surface area contributed by atoms with Crippen LogP contribution in [0, 0.1) is 0 Å². The molecule has 2 amide bonds. The van der Waals surface area contributed by atoms with Crippen LogP contribution < -0.4 is 10.6 Å². The fourth-order valence-electron chi connectivity index (χ4n) is 1.89. The Bertz CT molecular complexity index is 555. The molecule has 0 unspecified atom stereocenters. The maximum atomic E-state index is 11.8. The molecule has 0 spiro atoms. The Balaban J connectivity index is 1.60. The van der Waals surface area contributed by atoms with Crippen LogP contribution in [0.3, 0.4) is 0 Å². The minimum absolute atomic E-state index is 0.0545. The monoisotopic (exact) mass is 289 g/mol. The second-order valence-corrected chi connectivity index (χ2v) is 6.09. The molecule has 0 bridgehead atoms. The molecule has 1 saturated heterocycles. The first-order valence-electron chi connectivity index (χ1n) is 6.61. The van der Waals surface area contributed by atoms with E-state index in [1.54, 1.807) is 0 Å². The molecule has 1 aromatic carbocycles. The average Bonchev–Trinajstić information content (AvgIpc) is 3.16. The van der Waals surface area contributed by atoms with Gasteiger partial charge in [-0.3, -0.25) is 9.59 Å². The molecule has 0 aromatic heterocycles. The first-order chi connectivity index (χ1) is 9.70. The summed E-state index contributed by atoms with van der Waals surface area (Å²) in [6, 6.07) is 9.76.